The number of carboxylic acid groups (broad SMARTS) is 1. The molecule has 1 aromatic heterocycles. The molecule has 0 aliphatic carbocycles. The third-order valence-corrected chi connectivity index (χ3v) is 2.52. The molecule has 0 saturated carbocycles. The van der Waals surface area contributed by atoms with E-state index in [1.54, 1.807) is 0 Å². The second kappa shape index (κ2) is 6.21. The molecule has 0 aliphatic rings. The van der Waals surface area contributed by atoms with Crippen molar-refractivity contribution in [3.63, 3.8) is 0 Å². The summed E-state index contributed by atoms with van der Waals surface area (Å²) in [7, 11) is 0. The number of amides is 2. The highest BCUT2D eigenvalue weighted by Crippen LogP contribution is 2.11. The fourth-order valence-corrected chi connectivity index (χ4v) is 1.81. The lowest BCUT2D eigenvalue weighted by Gasteiger charge is -2.25. The Morgan fingerprint density at radius 3 is 2.74 bits per heavy atom. The van der Waals surface area contributed by atoms with Crippen LogP contribution in [0.1, 0.15) is 33.6 Å². The minimum Gasteiger partial charge on any atom is -0.480 e. The van der Waals surface area contributed by atoms with Gasteiger partial charge in [0.1, 0.15) is 6.54 Å². The molecule has 1 rings (SSSR count). The molecule has 0 spiro atoms. The van der Waals surface area contributed by atoms with Gasteiger partial charge >= 0.3 is 12.0 Å². The zero-order valence-corrected chi connectivity index (χ0v) is 11.4. The van der Waals surface area contributed by atoms with E-state index in [1.807, 2.05) is 13.8 Å². The number of carbonyl (C=O) groups is 2. The molecule has 2 amide bonds. The highest BCUT2D eigenvalue weighted by atomic mass is 16.4. The number of urea groups is 1. The topological polar surface area (TPSA) is 96.3 Å². The molecule has 3 N–H and O–H groups in total. The van der Waals surface area contributed by atoms with Crippen molar-refractivity contribution < 1.29 is 14.7 Å². The average Bonchev–Trinajstić information content (AvgIpc) is 2.62. The van der Waals surface area contributed by atoms with Gasteiger partial charge in [-0.15, -0.1) is 0 Å². The Morgan fingerprint density at radius 2 is 2.16 bits per heavy atom. The zero-order chi connectivity index (χ0) is 14.5. The van der Waals surface area contributed by atoms with Crippen LogP contribution in [0.15, 0.2) is 12.4 Å². The molecular formula is C12H20N4O3. The van der Waals surface area contributed by atoms with Gasteiger partial charge in [-0.3, -0.25) is 9.48 Å². The first-order valence-electron chi connectivity index (χ1n) is 6.16. The lowest BCUT2D eigenvalue weighted by Crippen LogP contribution is -2.45. The number of nitrogens with one attached hydrogen (secondary N) is 2. The molecule has 19 heavy (non-hydrogen) atoms. The van der Waals surface area contributed by atoms with Gasteiger partial charge in [-0.05, 0) is 20.3 Å². The van der Waals surface area contributed by atoms with Gasteiger partial charge in [-0.25, -0.2) is 4.79 Å². The van der Waals surface area contributed by atoms with Gasteiger partial charge < -0.3 is 15.7 Å². The van der Waals surface area contributed by atoms with Gasteiger partial charge in [0, 0.05) is 11.7 Å². The molecule has 0 aliphatic heterocycles. The number of rotatable bonds is 6. The maximum Gasteiger partial charge on any atom is 0.325 e. The van der Waals surface area contributed by atoms with E-state index in [-0.39, 0.29) is 18.1 Å². The molecule has 1 heterocycles. The van der Waals surface area contributed by atoms with Crippen molar-refractivity contribution in [2.45, 2.75) is 45.7 Å². The van der Waals surface area contributed by atoms with E-state index in [0.29, 0.717) is 5.69 Å². The summed E-state index contributed by atoms with van der Waals surface area (Å²) in [5, 5.41) is 17.9. The molecule has 0 unspecified atom stereocenters. The standard InChI is InChI=1S/C12H20N4O3/c1-4-5-12(2,3)15-11(19)14-9-6-13-16(7-9)8-10(17)18/h6-7H,4-5,8H2,1-3H3,(H,17,18)(H2,14,15,19). The van der Waals surface area contributed by atoms with Gasteiger partial charge in [-0.2, -0.15) is 5.10 Å². The summed E-state index contributed by atoms with van der Waals surface area (Å²) < 4.78 is 1.25. The van der Waals surface area contributed by atoms with Crippen molar-refractivity contribution in [1.29, 1.82) is 0 Å². The molecule has 0 radical (unpaired) electrons. The van der Waals surface area contributed by atoms with Crippen LogP contribution in [0.3, 0.4) is 0 Å². The van der Waals surface area contributed by atoms with E-state index < -0.39 is 5.97 Å². The number of nitrogens with zero attached hydrogens (tertiary/aromatic N) is 2. The smallest absolute Gasteiger partial charge is 0.325 e. The first kappa shape index (κ1) is 15.0. The maximum atomic E-state index is 11.8. The van der Waals surface area contributed by atoms with Crippen LogP contribution in [0.5, 0.6) is 0 Å². The highest BCUT2D eigenvalue weighted by Gasteiger charge is 2.19. The van der Waals surface area contributed by atoms with Gasteiger partial charge in [0.2, 0.25) is 0 Å². The number of hydrogen-bond acceptors (Lipinski definition) is 3. The van der Waals surface area contributed by atoms with E-state index in [4.69, 9.17) is 5.11 Å². The van der Waals surface area contributed by atoms with E-state index in [2.05, 4.69) is 22.7 Å². The third-order valence-electron chi connectivity index (χ3n) is 2.52. The SMILES string of the molecule is CCCC(C)(C)NC(=O)Nc1cnn(CC(=O)O)c1. The van der Waals surface area contributed by atoms with E-state index in [0.717, 1.165) is 12.8 Å². The minimum atomic E-state index is -0.983. The second-order valence-electron chi connectivity index (χ2n) is 5.03. The Balaban J connectivity index is 2.53. The Kier molecular flexibility index (Phi) is 4.91. The number of carbonyl (C=O) groups excluding carboxylic acids is 1. The van der Waals surface area contributed by atoms with Gasteiger partial charge in [0.15, 0.2) is 0 Å². The Morgan fingerprint density at radius 1 is 1.47 bits per heavy atom. The lowest BCUT2D eigenvalue weighted by molar-refractivity contribution is -0.137. The van der Waals surface area contributed by atoms with Crippen LogP contribution in [-0.2, 0) is 11.3 Å². The molecule has 7 nitrogen and oxygen atoms in total. The summed E-state index contributed by atoms with van der Waals surface area (Å²) in [6.45, 7) is 5.72. The van der Waals surface area contributed by atoms with E-state index in [9.17, 15) is 9.59 Å². The van der Waals surface area contributed by atoms with E-state index in [1.165, 1.54) is 17.1 Å². The Labute approximate surface area is 112 Å². The fourth-order valence-electron chi connectivity index (χ4n) is 1.81. The summed E-state index contributed by atoms with van der Waals surface area (Å²) >= 11 is 0. The van der Waals surface area contributed by atoms with Crippen molar-refractivity contribution >= 4 is 17.7 Å². The normalized spacial score (nSPS) is 11.1. The first-order valence-corrected chi connectivity index (χ1v) is 6.16. The van der Waals surface area contributed by atoms with Crippen molar-refractivity contribution in [3.8, 4) is 0 Å². The first-order chi connectivity index (χ1) is 8.82. The molecule has 0 fully saturated rings. The number of carboxylic acids is 1. The quantitative estimate of drug-likeness (QED) is 0.731. The maximum absolute atomic E-state index is 11.8. The fraction of sp³-hybridized carbons (Fsp3) is 0.583. The van der Waals surface area contributed by atoms with Crippen molar-refractivity contribution in [2.75, 3.05) is 5.32 Å². The van der Waals surface area contributed by atoms with E-state index >= 15 is 0 Å². The molecule has 0 saturated heterocycles. The van der Waals surface area contributed by atoms with Crippen LogP contribution in [0.2, 0.25) is 0 Å². The number of hydrogen-bond donors (Lipinski definition) is 3. The number of aliphatic carboxylic acids is 1. The summed E-state index contributed by atoms with van der Waals surface area (Å²) in [5.41, 5.74) is 0.182. The monoisotopic (exact) mass is 268 g/mol. The highest BCUT2D eigenvalue weighted by molar-refractivity contribution is 5.89. The van der Waals surface area contributed by atoms with Crippen LogP contribution < -0.4 is 10.6 Å². The molecule has 0 aromatic carbocycles. The molecule has 0 bridgehead atoms. The van der Waals surface area contributed by atoms with Gasteiger partial charge in [-0.1, -0.05) is 13.3 Å². The number of aromatic nitrogens is 2. The van der Waals surface area contributed by atoms with Crippen LogP contribution in [0.25, 0.3) is 0 Å². The molecule has 1 aromatic rings. The summed E-state index contributed by atoms with van der Waals surface area (Å²) in [6, 6.07) is -0.326. The van der Waals surface area contributed by atoms with Crippen molar-refractivity contribution in [3.05, 3.63) is 12.4 Å². The van der Waals surface area contributed by atoms with Gasteiger partial charge in [0.25, 0.3) is 0 Å². The second-order valence-corrected chi connectivity index (χ2v) is 5.03. The van der Waals surface area contributed by atoms with Crippen LogP contribution in [-0.4, -0.2) is 32.4 Å². The summed E-state index contributed by atoms with van der Waals surface area (Å²) in [4.78, 5) is 22.3. The summed E-state index contributed by atoms with van der Waals surface area (Å²) in [6.07, 6.45) is 4.73. The number of anilines is 1. The Hall–Kier alpha value is -2.05. The predicted octanol–water partition coefficient (Wildman–Crippen LogP) is 1.67. The lowest BCUT2D eigenvalue weighted by atomic mass is 9.99. The summed E-state index contributed by atoms with van der Waals surface area (Å²) in [5.74, 6) is -0.983. The molecular weight excluding hydrogens is 248 g/mol. The third kappa shape index (κ3) is 5.41. The average molecular weight is 268 g/mol. The predicted molar refractivity (Wildman–Crippen MR) is 71.0 cm³/mol. The van der Waals surface area contributed by atoms with Crippen molar-refractivity contribution in [1.82, 2.24) is 15.1 Å². The van der Waals surface area contributed by atoms with Crippen molar-refractivity contribution in [2.24, 2.45) is 0 Å². The van der Waals surface area contributed by atoms with Crippen LogP contribution in [0, 0.1) is 0 Å². The minimum absolute atomic E-state index is 0.232. The molecule has 106 valence electrons. The largest absolute Gasteiger partial charge is 0.480 e. The van der Waals surface area contributed by atoms with Gasteiger partial charge in [0.05, 0.1) is 11.9 Å². The molecule has 0 atom stereocenters. The Bertz CT molecular complexity index is 454. The van der Waals surface area contributed by atoms with Crippen LogP contribution >= 0.6 is 0 Å². The zero-order valence-electron chi connectivity index (χ0n) is 11.4. The van der Waals surface area contributed by atoms with Crippen LogP contribution in [0.4, 0.5) is 10.5 Å². The molecule has 7 heteroatoms.